The Morgan fingerprint density at radius 1 is 1.18 bits per heavy atom. The van der Waals surface area contributed by atoms with Crippen LogP contribution in [0.5, 0.6) is 0 Å². The summed E-state index contributed by atoms with van der Waals surface area (Å²) in [6, 6.07) is 7.61. The summed E-state index contributed by atoms with van der Waals surface area (Å²) in [5.74, 6) is 0.223. The van der Waals surface area contributed by atoms with Gasteiger partial charge in [-0.25, -0.2) is 15.0 Å². The van der Waals surface area contributed by atoms with Gasteiger partial charge in [-0.15, -0.1) is 11.3 Å². The van der Waals surface area contributed by atoms with E-state index >= 15 is 0 Å². The molecule has 0 saturated heterocycles. The van der Waals surface area contributed by atoms with Gasteiger partial charge in [0.25, 0.3) is 5.91 Å². The number of carbonyl (C=O) groups excluding carboxylic acids is 1. The van der Waals surface area contributed by atoms with E-state index in [0.29, 0.717) is 27.2 Å². The first kappa shape index (κ1) is 19.9. The topological polar surface area (TPSA) is 100 Å². The van der Waals surface area contributed by atoms with Crippen molar-refractivity contribution in [1.29, 1.82) is 0 Å². The number of nitrogens with one attached hydrogen (secondary N) is 2. The number of aliphatic hydroxyl groups is 1. The van der Waals surface area contributed by atoms with Crippen molar-refractivity contribution in [2.45, 2.75) is 33.7 Å². The highest BCUT2D eigenvalue weighted by Gasteiger charge is 2.18. The van der Waals surface area contributed by atoms with Gasteiger partial charge in [0.15, 0.2) is 0 Å². The maximum Gasteiger partial charge on any atom is 0.263 e. The maximum absolute atomic E-state index is 12.4. The first-order valence-electron chi connectivity index (χ1n) is 8.93. The third kappa shape index (κ3) is 4.71. The summed E-state index contributed by atoms with van der Waals surface area (Å²) in [7, 11) is 0. The molecule has 146 valence electrons. The van der Waals surface area contributed by atoms with Gasteiger partial charge in [0.05, 0.1) is 12.3 Å². The number of aliphatic hydroxyl groups excluding tert-OH is 1. The Bertz CT molecular complexity index is 982. The molecule has 0 aliphatic heterocycles. The number of rotatable bonds is 6. The van der Waals surface area contributed by atoms with Crippen molar-refractivity contribution < 1.29 is 9.90 Å². The van der Waals surface area contributed by atoms with E-state index in [1.807, 2.05) is 26.0 Å². The van der Waals surface area contributed by atoms with Crippen molar-refractivity contribution in [2.24, 2.45) is 0 Å². The number of hydrogen-bond donors (Lipinski definition) is 3. The molecule has 2 heterocycles. The summed E-state index contributed by atoms with van der Waals surface area (Å²) in [5, 5.41) is 15.7. The normalized spacial score (nSPS) is 11.9. The van der Waals surface area contributed by atoms with Gasteiger partial charge in [-0.3, -0.25) is 4.79 Å². The van der Waals surface area contributed by atoms with Crippen LogP contribution in [0.1, 0.15) is 33.4 Å². The predicted molar refractivity (Wildman–Crippen MR) is 111 cm³/mol. The molecule has 0 saturated carbocycles. The van der Waals surface area contributed by atoms with Crippen molar-refractivity contribution >= 4 is 28.9 Å². The quantitative estimate of drug-likeness (QED) is 0.590. The molecule has 1 amide bonds. The lowest BCUT2D eigenvalue weighted by molar-refractivity contribution is 0.0925. The maximum atomic E-state index is 12.4. The number of nitrogens with zero attached hydrogens (tertiary/aromatic N) is 3. The van der Waals surface area contributed by atoms with Crippen LogP contribution in [0, 0.1) is 20.8 Å². The lowest BCUT2D eigenvalue weighted by atomic mass is 10.1. The molecule has 0 unspecified atom stereocenters. The number of hydrogen-bond acceptors (Lipinski definition) is 7. The lowest BCUT2D eigenvalue weighted by Crippen LogP contribution is -2.34. The van der Waals surface area contributed by atoms with E-state index in [1.54, 1.807) is 26.1 Å². The average molecular weight is 398 g/mol. The zero-order valence-electron chi connectivity index (χ0n) is 16.3. The van der Waals surface area contributed by atoms with E-state index < -0.39 is 0 Å². The van der Waals surface area contributed by atoms with Crippen LogP contribution in [0.4, 0.5) is 11.6 Å². The molecule has 0 spiro atoms. The van der Waals surface area contributed by atoms with Crippen LogP contribution in [-0.4, -0.2) is 38.6 Å². The van der Waals surface area contributed by atoms with Crippen LogP contribution >= 0.6 is 11.3 Å². The minimum atomic E-state index is -0.315. The van der Waals surface area contributed by atoms with E-state index in [4.69, 9.17) is 5.11 Å². The van der Waals surface area contributed by atoms with E-state index in [9.17, 15) is 4.79 Å². The number of anilines is 2. The largest absolute Gasteiger partial charge is 0.394 e. The second-order valence-corrected chi connectivity index (χ2v) is 7.76. The molecule has 0 fully saturated rings. The molecule has 1 atom stereocenters. The van der Waals surface area contributed by atoms with E-state index in [1.165, 1.54) is 11.3 Å². The highest BCUT2D eigenvalue weighted by atomic mass is 32.1. The van der Waals surface area contributed by atoms with Gasteiger partial charge in [-0.2, -0.15) is 0 Å². The number of amides is 1. The Labute approximate surface area is 167 Å². The molecular formula is C20H23N5O2S. The molecule has 3 N–H and O–H groups in total. The van der Waals surface area contributed by atoms with Gasteiger partial charge in [0.2, 0.25) is 5.95 Å². The van der Waals surface area contributed by atoms with Crippen LogP contribution in [0.3, 0.4) is 0 Å². The van der Waals surface area contributed by atoms with E-state index in [0.717, 1.165) is 16.8 Å². The molecular weight excluding hydrogens is 374 g/mol. The van der Waals surface area contributed by atoms with Crippen LogP contribution in [0.25, 0.3) is 10.7 Å². The predicted octanol–water partition coefficient (Wildman–Crippen LogP) is 3.38. The van der Waals surface area contributed by atoms with E-state index in [2.05, 4.69) is 31.7 Å². The zero-order valence-corrected chi connectivity index (χ0v) is 17.1. The van der Waals surface area contributed by atoms with Crippen molar-refractivity contribution in [2.75, 3.05) is 11.9 Å². The monoisotopic (exact) mass is 397 g/mol. The van der Waals surface area contributed by atoms with Gasteiger partial charge in [0.1, 0.15) is 15.6 Å². The Morgan fingerprint density at radius 3 is 2.57 bits per heavy atom. The van der Waals surface area contributed by atoms with Crippen LogP contribution in [0.2, 0.25) is 0 Å². The summed E-state index contributed by atoms with van der Waals surface area (Å²) < 4.78 is 0. The van der Waals surface area contributed by atoms with Crippen LogP contribution in [0.15, 0.2) is 30.5 Å². The molecule has 1 aromatic carbocycles. The first-order chi connectivity index (χ1) is 13.4. The Balaban J connectivity index is 1.84. The SMILES string of the molecule is Cc1cc(C)cc(Nc2nccc(-c3nc(C)c(C(=O)N[C@H](C)CO)s3)n2)c1. The summed E-state index contributed by atoms with van der Waals surface area (Å²) in [6.45, 7) is 7.49. The molecule has 2 aromatic heterocycles. The van der Waals surface area contributed by atoms with Crippen LogP contribution in [-0.2, 0) is 0 Å². The number of aromatic nitrogens is 3. The minimum Gasteiger partial charge on any atom is -0.394 e. The second-order valence-electron chi connectivity index (χ2n) is 6.76. The van der Waals surface area contributed by atoms with Crippen LogP contribution < -0.4 is 10.6 Å². The highest BCUT2D eigenvalue weighted by Crippen LogP contribution is 2.27. The molecule has 8 heteroatoms. The Morgan fingerprint density at radius 2 is 1.89 bits per heavy atom. The summed E-state index contributed by atoms with van der Waals surface area (Å²) in [5.41, 5.74) is 4.50. The molecule has 28 heavy (non-hydrogen) atoms. The fourth-order valence-electron chi connectivity index (χ4n) is 2.77. The zero-order chi connectivity index (χ0) is 20.3. The van der Waals surface area contributed by atoms with E-state index in [-0.39, 0.29) is 18.6 Å². The first-order valence-corrected chi connectivity index (χ1v) is 9.75. The van der Waals surface area contributed by atoms with Crippen molar-refractivity contribution in [3.8, 4) is 10.7 Å². The molecule has 3 rings (SSSR count). The van der Waals surface area contributed by atoms with Gasteiger partial charge >= 0.3 is 0 Å². The Hall–Kier alpha value is -2.84. The molecule has 0 radical (unpaired) electrons. The van der Waals surface area contributed by atoms with Gasteiger partial charge < -0.3 is 15.7 Å². The van der Waals surface area contributed by atoms with Crippen molar-refractivity contribution in [3.05, 3.63) is 52.2 Å². The van der Waals surface area contributed by atoms with Crippen molar-refractivity contribution in [1.82, 2.24) is 20.3 Å². The molecule has 0 aliphatic carbocycles. The number of thiazole rings is 1. The van der Waals surface area contributed by atoms with Gasteiger partial charge in [-0.05, 0) is 57.0 Å². The highest BCUT2D eigenvalue weighted by molar-refractivity contribution is 7.17. The smallest absolute Gasteiger partial charge is 0.263 e. The van der Waals surface area contributed by atoms with Gasteiger partial charge in [0, 0.05) is 17.9 Å². The fourth-order valence-corrected chi connectivity index (χ4v) is 3.70. The standard InChI is InChI=1S/C20H23N5O2S/c1-11-7-12(2)9-15(8-11)24-20-21-6-5-16(25-20)19-23-14(4)17(28-19)18(27)22-13(3)10-26/h5-9,13,26H,10H2,1-4H3,(H,22,27)(H,21,24,25)/t13-/m1/s1. The fraction of sp³-hybridized carbons (Fsp3) is 0.300. The third-order valence-electron chi connectivity index (χ3n) is 4.01. The van der Waals surface area contributed by atoms with Gasteiger partial charge in [-0.1, -0.05) is 6.07 Å². The molecule has 0 bridgehead atoms. The summed E-state index contributed by atoms with van der Waals surface area (Å²) >= 11 is 1.27. The number of aryl methyl sites for hydroxylation is 3. The molecule has 0 aliphatic rings. The third-order valence-corrected chi connectivity index (χ3v) is 5.19. The Kier molecular flexibility index (Phi) is 6.01. The van der Waals surface area contributed by atoms with Crippen molar-refractivity contribution in [3.63, 3.8) is 0 Å². The number of carbonyl (C=O) groups is 1. The second kappa shape index (κ2) is 8.45. The minimum absolute atomic E-state index is 0.115. The summed E-state index contributed by atoms with van der Waals surface area (Å²) in [4.78, 5) is 26.2. The lowest BCUT2D eigenvalue weighted by Gasteiger charge is -2.09. The average Bonchev–Trinajstić information content (AvgIpc) is 3.03. The number of benzene rings is 1. The molecule has 3 aromatic rings. The molecule has 7 nitrogen and oxygen atoms in total. The summed E-state index contributed by atoms with van der Waals surface area (Å²) in [6.07, 6.45) is 1.66.